The van der Waals surface area contributed by atoms with Gasteiger partial charge in [-0.25, -0.2) is 9.18 Å². The normalized spacial score (nSPS) is 10.1. The summed E-state index contributed by atoms with van der Waals surface area (Å²) in [6, 6.07) is 11.7. The van der Waals surface area contributed by atoms with Gasteiger partial charge in [-0.15, -0.1) is 0 Å². The van der Waals surface area contributed by atoms with E-state index in [9.17, 15) is 14.0 Å². The lowest BCUT2D eigenvalue weighted by atomic mass is 10.1. The quantitative estimate of drug-likeness (QED) is 0.899. The second-order valence-electron chi connectivity index (χ2n) is 4.16. The second-order valence-corrected chi connectivity index (χ2v) is 4.16. The molecule has 1 amide bonds. The minimum Gasteiger partial charge on any atom is -0.478 e. The van der Waals surface area contributed by atoms with E-state index in [1.54, 1.807) is 18.2 Å². The predicted molar refractivity (Wildman–Crippen MR) is 71.0 cm³/mol. The van der Waals surface area contributed by atoms with E-state index in [0.717, 1.165) is 0 Å². The van der Waals surface area contributed by atoms with Gasteiger partial charge < -0.3 is 10.4 Å². The van der Waals surface area contributed by atoms with E-state index >= 15 is 0 Å². The molecule has 20 heavy (non-hydrogen) atoms. The number of benzene rings is 2. The molecule has 2 aromatic carbocycles. The predicted octanol–water partition coefficient (Wildman–Crippen LogP) is 2.45. The Hall–Kier alpha value is -2.69. The number of halogens is 1. The Labute approximate surface area is 114 Å². The maximum atomic E-state index is 13.4. The number of amides is 1. The maximum Gasteiger partial charge on any atom is 0.335 e. The molecule has 0 radical (unpaired) electrons. The summed E-state index contributed by atoms with van der Waals surface area (Å²) in [7, 11) is 0. The van der Waals surface area contributed by atoms with Gasteiger partial charge in [0.25, 0.3) is 5.91 Å². The van der Waals surface area contributed by atoms with Crippen molar-refractivity contribution in [3.8, 4) is 0 Å². The fourth-order valence-corrected chi connectivity index (χ4v) is 1.68. The van der Waals surface area contributed by atoms with Crippen LogP contribution in [0.5, 0.6) is 0 Å². The highest BCUT2D eigenvalue weighted by Gasteiger charge is 2.08. The fourth-order valence-electron chi connectivity index (χ4n) is 1.68. The van der Waals surface area contributed by atoms with Crippen LogP contribution in [0.15, 0.2) is 48.5 Å². The van der Waals surface area contributed by atoms with Crippen LogP contribution in [0, 0.1) is 5.82 Å². The Morgan fingerprint density at radius 1 is 1.00 bits per heavy atom. The minimum atomic E-state index is -1.05. The van der Waals surface area contributed by atoms with E-state index in [0.29, 0.717) is 11.1 Å². The number of nitrogens with one attached hydrogen (secondary N) is 1. The van der Waals surface area contributed by atoms with Crippen LogP contribution in [0.1, 0.15) is 26.3 Å². The number of hydrogen-bond acceptors (Lipinski definition) is 2. The Kier molecular flexibility index (Phi) is 4.10. The van der Waals surface area contributed by atoms with Crippen molar-refractivity contribution in [2.24, 2.45) is 0 Å². The first-order valence-corrected chi connectivity index (χ1v) is 5.93. The van der Waals surface area contributed by atoms with Crippen LogP contribution in [0.25, 0.3) is 0 Å². The van der Waals surface area contributed by atoms with E-state index in [2.05, 4.69) is 5.32 Å². The Bertz CT molecular complexity index is 638. The molecule has 5 heteroatoms. The molecule has 0 aliphatic rings. The summed E-state index contributed by atoms with van der Waals surface area (Å²) in [5.41, 5.74) is 0.824. The molecule has 0 aliphatic carbocycles. The van der Waals surface area contributed by atoms with Gasteiger partial charge >= 0.3 is 5.97 Å². The number of rotatable bonds is 4. The molecule has 0 atom stereocenters. The molecular formula is C15H12FNO3. The van der Waals surface area contributed by atoms with Gasteiger partial charge in [-0.05, 0) is 30.3 Å². The average molecular weight is 273 g/mol. The van der Waals surface area contributed by atoms with Gasteiger partial charge in [-0.1, -0.05) is 18.2 Å². The zero-order chi connectivity index (χ0) is 14.5. The summed E-state index contributed by atoms with van der Waals surface area (Å²) in [4.78, 5) is 22.5. The molecule has 4 nitrogen and oxygen atoms in total. The van der Waals surface area contributed by atoms with E-state index < -0.39 is 5.97 Å². The standard InChI is InChI=1S/C15H12FNO3/c16-13-4-2-1-3-12(13)9-17-14(18)10-5-7-11(8-6-10)15(19)20/h1-8H,9H2,(H,17,18)(H,19,20). The van der Waals surface area contributed by atoms with Crippen LogP contribution in [0.4, 0.5) is 4.39 Å². The third-order valence-corrected chi connectivity index (χ3v) is 2.79. The molecule has 0 fully saturated rings. The third-order valence-electron chi connectivity index (χ3n) is 2.79. The first kappa shape index (κ1) is 13.7. The van der Waals surface area contributed by atoms with Gasteiger partial charge in [0.15, 0.2) is 0 Å². The zero-order valence-electron chi connectivity index (χ0n) is 10.5. The first-order chi connectivity index (χ1) is 9.58. The van der Waals surface area contributed by atoms with Crippen molar-refractivity contribution in [3.63, 3.8) is 0 Å². The Balaban J connectivity index is 2.02. The van der Waals surface area contributed by atoms with Crippen LogP contribution in [0.3, 0.4) is 0 Å². The summed E-state index contributed by atoms with van der Waals surface area (Å²) >= 11 is 0. The third kappa shape index (κ3) is 3.20. The van der Waals surface area contributed by atoms with Crippen molar-refractivity contribution >= 4 is 11.9 Å². The fraction of sp³-hybridized carbons (Fsp3) is 0.0667. The molecule has 0 aliphatic heterocycles. The second kappa shape index (κ2) is 5.97. The molecule has 0 saturated carbocycles. The molecule has 102 valence electrons. The van der Waals surface area contributed by atoms with Crippen molar-refractivity contribution in [2.75, 3.05) is 0 Å². The van der Waals surface area contributed by atoms with Crippen molar-refractivity contribution in [3.05, 3.63) is 71.0 Å². The smallest absolute Gasteiger partial charge is 0.335 e. The van der Waals surface area contributed by atoms with Crippen LogP contribution >= 0.6 is 0 Å². The lowest BCUT2D eigenvalue weighted by molar-refractivity contribution is 0.0696. The van der Waals surface area contributed by atoms with Gasteiger partial charge in [-0.3, -0.25) is 4.79 Å². The van der Waals surface area contributed by atoms with Crippen molar-refractivity contribution in [1.29, 1.82) is 0 Å². The summed E-state index contributed by atoms with van der Waals surface area (Å²) in [6.07, 6.45) is 0. The topological polar surface area (TPSA) is 66.4 Å². The number of carboxylic acid groups (broad SMARTS) is 1. The van der Waals surface area contributed by atoms with Crippen LogP contribution in [0.2, 0.25) is 0 Å². The highest BCUT2D eigenvalue weighted by molar-refractivity contribution is 5.95. The van der Waals surface area contributed by atoms with Gasteiger partial charge in [-0.2, -0.15) is 0 Å². The largest absolute Gasteiger partial charge is 0.478 e. The SMILES string of the molecule is O=C(O)c1ccc(C(=O)NCc2ccccc2F)cc1. The van der Waals surface area contributed by atoms with Gasteiger partial charge in [0.2, 0.25) is 0 Å². The highest BCUT2D eigenvalue weighted by Crippen LogP contribution is 2.07. The molecule has 0 aromatic heterocycles. The van der Waals surface area contributed by atoms with Crippen molar-refractivity contribution < 1.29 is 19.1 Å². The monoisotopic (exact) mass is 273 g/mol. The first-order valence-electron chi connectivity index (χ1n) is 5.93. The van der Waals surface area contributed by atoms with Crippen molar-refractivity contribution in [1.82, 2.24) is 5.32 Å². The van der Waals surface area contributed by atoms with Gasteiger partial charge in [0.1, 0.15) is 5.82 Å². The van der Waals surface area contributed by atoms with E-state index in [1.807, 2.05) is 0 Å². The summed E-state index contributed by atoms with van der Waals surface area (Å²) < 4.78 is 13.4. The lowest BCUT2D eigenvalue weighted by Gasteiger charge is -2.06. The Morgan fingerprint density at radius 3 is 2.20 bits per heavy atom. The molecule has 0 heterocycles. The minimum absolute atomic E-state index is 0.0756. The summed E-state index contributed by atoms with van der Waals surface area (Å²) in [5.74, 6) is -1.82. The number of carbonyl (C=O) groups is 2. The molecule has 0 unspecified atom stereocenters. The Morgan fingerprint density at radius 2 is 1.60 bits per heavy atom. The molecule has 2 rings (SSSR count). The molecule has 2 N–H and O–H groups in total. The molecule has 0 bridgehead atoms. The molecule has 2 aromatic rings. The summed E-state index contributed by atoms with van der Waals surface area (Å²) in [6.45, 7) is 0.0756. The van der Waals surface area contributed by atoms with Gasteiger partial charge in [0.05, 0.1) is 5.56 Å². The average Bonchev–Trinajstić information content (AvgIpc) is 2.46. The van der Waals surface area contributed by atoms with Crippen LogP contribution in [-0.2, 0) is 6.54 Å². The highest BCUT2D eigenvalue weighted by atomic mass is 19.1. The number of carboxylic acids is 1. The van der Waals surface area contributed by atoms with E-state index in [1.165, 1.54) is 30.3 Å². The molecule has 0 spiro atoms. The molecular weight excluding hydrogens is 261 g/mol. The van der Waals surface area contributed by atoms with Crippen molar-refractivity contribution in [2.45, 2.75) is 6.54 Å². The van der Waals surface area contributed by atoms with Crippen LogP contribution < -0.4 is 5.32 Å². The lowest BCUT2D eigenvalue weighted by Crippen LogP contribution is -2.23. The van der Waals surface area contributed by atoms with Crippen LogP contribution in [-0.4, -0.2) is 17.0 Å². The van der Waals surface area contributed by atoms with Gasteiger partial charge in [0, 0.05) is 17.7 Å². The number of hydrogen-bond donors (Lipinski definition) is 2. The van der Waals surface area contributed by atoms with E-state index in [4.69, 9.17) is 5.11 Å². The zero-order valence-corrected chi connectivity index (χ0v) is 10.5. The molecule has 0 saturated heterocycles. The van der Waals surface area contributed by atoms with E-state index in [-0.39, 0.29) is 23.8 Å². The number of aromatic carboxylic acids is 1. The number of carbonyl (C=O) groups excluding carboxylic acids is 1. The maximum absolute atomic E-state index is 13.4. The summed E-state index contributed by atoms with van der Waals surface area (Å²) in [5, 5.41) is 11.3.